The minimum absolute atomic E-state index is 0.0134. The van der Waals surface area contributed by atoms with Gasteiger partial charge < -0.3 is 10.1 Å². The molecule has 1 heterocycles. The van der Waals surface area contributed by atoms with Crippen LogP contribution in [0.25, 0.3) is 0 Å². The molecule has 1 N–H and O–H groups in total. The number of sulfonamides is 1. The molecule has 136 valence electrons. The summed E-state index contributed by atoms with van der Waals surface area (Å²) in [6.07, 6.45) is -0.632. The van der Waals surface area contributed by atoms with E-state index in [0.29, 0.717) is 16.8 Å². The third-order valence-electron chi connectivity index (χ3n) is 4.06. The van der Waals surface area contributed by atoms with Crippen LogP contribution in [0.5, 0.6) is 0 Å². The zero-order valence-corrected chi connectivity index (χ0v) is 15.1. The summed E-state index contributed by atoms with van der Waals surface area (Å²) < 4.78 is 30.4. The Morgan fingerprint density at radius 3 is 2.42 bits per heavy atom. The van der Waals surface area contributed by atoms with Crippen LogP contribution in [0.1, 0.15) is 28.4 Å². The lowest BCUT2D eigenvalue weighted by Crippen LogP contribution is -2.22. The van der Waals surface area contributed by atoms with Crippen molar-refractivity contribution in [2.24, 2.45) is 0 Å². The quantitative estimate of drug-likeness (QED) is 0.810. The zero-order chi connectivity index (χ0) is 18.9. The van der Waals surface area contributed by atoms with Crippen molar-refractivity contribution in [1.29, 1.82) is 0 Å². The molecular formula is C18H18N2O5S. The van der Waals surface area contributed by atoms with Crippen molar-refractivity contribution in [3.8, 4) is 0 Å². The zero-order valence-electron chi connectivity index (χ0n) is 14.3. The van der Waals surface area contributed by atoms with Gasteiger partial charge in [-0.2, -0.15) is 0 Å². The van der Waals surface area contributed by atoms with Crippen LogP contribution in [0.15, 0.2) is 53.4 Å². The monoisotopic (exact) mass is 374 g/mol. The van der Waals surface area contributed by atoms with Crippen molar-refractivity contribution < 1.29 is 22.7 Å². The van der Waals surface area contributed by atoms with E-state index in [1.807, 2.05) is 0 Å². The fourth-order valence-corrected chi connectivity index (χ4v) is 3.57. The molecule has 7 nitrogen and oxygen atoms in total. The molecule has 0 spiro atoms. The highest BCUT2D eigenvalue weighted by Crippen LogP contribution is 2.33. The second-order valence-corrected chi connectivity index (χ2v) is 8.20. The van der Waals surface area contributed by atoms with Crippen LogP contribution < -0.4 is 5.32 Å². The number of cyclic esters (lactones) is 1. The lowest BCUT2D eigenvalue weighted by Gasteiger charge is -2.13. The number of nitrogens with zero attached hydrogens (tertiary/aromatic N) is 1. The second kappa shape index (κ2) is 6.89. The van der Waals surface area contributed by atoms with Gasteiger partial charge in [0.05, 0.1) is 16.9 Å². The molecule has 8 heteroatoms. The highest BCUT2D eigenvalue weighted by atomic mass is 32.2. The molecule has 1 aliphatic rings. The average molecular weight is 374 g/mol. The highest BCUT2D eigenvalue weighted by Gasteiger charge is 2.32. The van der Waals surface area contributed by atoms with Gasteiger partial charge in [-0.15, -0.1) is 0 Å². The molecule has 1 aliphatic heterocycles. The molecule has 2 aromatic carbocycles. The van der Waals surface area contributed by atoms with E-state index >= 15 is 0 Å². The molecule has 3 rings (SSSR count). The maximum absolute atomic E-state index is 12.2. The van der Waals surface area contributed by atoms with Crippen molar-refractivity contribution in [3.63, 3.8) is 0 Å². The van der Waals surface area contributed by atoms with E-state index in [1.54, 1.807) is 24.3 Å². The topological polar surface area (TPSA) is 92.8 Å². The average Bonchev–Trinajstić information content (AvgIpc) is 2.91. The summed E-state index contributed by atoms with van der Waals surface area (Å²) in [5, 5.41) is 2.68. The molecule has 0 saturated heterocycles. The molecule has 1 atom stereocenters. The van der Waals surface area contributed by atoms with Gasteiger partial charge in [-0.25, -0.2) is 17.5 Å². The van der Waals surface area contributed by atoms with E-state index < -0.39 is 22.1 Å². The number of rotatable bonds is 5. The second-order valence-electron chi connectivity index (χ2n) is 6.05. The summed E-state index contributed by atoms with van der Waals surface area (Å²) in [7, 11) is -0.617. The summed E-state index contributed by atoms with van der Waals surface area (Å²) in [5.41, 5.74) is 1.63. The molecule has 0 aromatic heterocycles. The van der Waals surface area contributed by atoms with E-state index in [4.69, 9.17) is 4.74 Å². The normalized spacial score (nSPS) is 16.3. The van der Waals surface area contributed by atoms with Crippen LogP contribution in [0.2, 0.25) is 0 Å². The largest absolute Gasteiger partial charge is 0.453 e. The van der Waals surface area contributed by atoms with E-state index in [0.717, 1.165) is 4.31 Å². The lowest BCUT2D eigenvalue weighted by atomic mass is 10.0. The van der Waals surface area contributed by atoms with Gasteiger partial charge in [0.25, 0.3) is 0 Å². The Hall–Kier alpha value is -2.71. The third-order valence-corrected chi connectivity index (χ3v) is 5.89. The van der Waals surface area contributed by atoms with Crippen molar-refractivity contribution in [1.82, 2.24) is 4.31 Å². The van der Waals surface area contributed by atoms with Gasteiger partial charge in [-0.3, -0.25) is 4.79 Å². The summed E-state index contributed by atoms with van der Waals surface area (Å²) in [6, 6.07) is 12.8. The number of nitrogens with one attached hydrogen (secondary N) is 1. The Labute approximate surface area is 151 Å². The molecule has 2 aromatic rings. The Morgan fingerprint density at radius 2 is 1.77 bits per heavy atom. The summed E-state index contributed by atoms with van der Waals surface area (Å²) >= 11 is 0. The standard InChI is InChI=1S/C18H18N2O5S/c1-20(2)26(23,24)13-9-7-12(8-10-13)19-17(21)11-16-14-5-3-4-6-15(14)18(22)25-16/h3-10,16H,11H2,1-2H3,(H,19,21)/t16-/m0/s1. The number of carbonyl (C=O) groups is 2. The van der Waals surface area contributed by atoms with E-state index in [9.17, 15) is 18.0 Å². The number of benzene rings is 2. The molecule has 0 saturated carbocycles. The molecule has 1 amide bonds. The van der Waals surface area contributed by atoms with Crippen LogP contribution in [0.4, 0.5) is 5.69 Å². The Kier molecular flexibility index (Phi) is 4.80. The fraction of sp³-hybridized carbons (Fsp3) is 0.222. The number of ether oxygens (including phenoxy) is 1. The first-order valence-corrected chi connectivity index (χ1v) is 9.35. The SMILES string of the molecule is CN(C)S(=O)(=O)c1ccc(NC(=O)C[C@@H]2OC(=O)c3ccccc32)cc1. The van der Waals surface area contributed by atoms with E-state index in [2.05, 4.69) is 5.32 Å². The molecule has 26 heavy (non-hydrogen) atoms. The number of hydrogen-bond acceptors (Lipinski definition) is 5. The van der Waals surface area contributed by atoms with Crippen LogP contribution in [0.3, 0.4) is 0 Å². The van der Waals surface area contributed by atoms with Gasteiger partial charge in [0.2, 0.25) is 15.9 Å². The Morgan fingerprint density at radius 1 is 1.12 bits per heavy atom. The molecule has 0 radical (unpaired) electrons. The van der Waals surface area contributed by atoms with E-state index in [-0.39, 0.29) is 17.2 Å². The van der Waals surface area contributed by atoms with Crippen LogP contribution in [-0.2, 0) is 19.6 Å². The molecule has 0 aliphatic carbocycles. The van der Waals surface area contributed by atoms with Crippen molar-refractivity contribution >= 4 is 27.6 Å². The number of hydrogen-bond donors (Lipinski definition) is 1. The molecular weight excluding hydrogens is 356 g/mol. The first-order chi connectivity index (χ1) is 12.3. The maximum atomic E-state index is 12.2. The predicted molar refractivity (Wildman–Crippen MR) is 95.2 cm³/mol. The minimum atomic E-state index is -3.52. The van der Waals surface area contributed by atoms with Gasteiger partial charge in [-0.05, 0) is 30.3 Å². The Bertz CT molecular complexity index is 952. The van der Waals surface area contributed by atoms with Crippen molar-refractivity contribution in [3.05, 3.63) is 59.7 Å². The minimum Gasteiger partial charge on any atom is -0.453 e. The Balaban J connectivity index is 1.67. The van der Waals surface area contributed by atoms with Crippen molar-refractivity contribution in [2.75, 3.05) is 19.4 Å². The number of fused-ring (bicyclic) bond motifs is 1. The lowest BCUT2D eigenvalue weighted by molar-refractivity contribution is -0.118. The van der Waals surface area contributed by atoms with E-state index in [1.165, 1.54) is 38.4 Å². The first-order valence-electron chi connectivity index (χ1n) is 7.91. The number of anilines is 1. The first kappa shape index (κ1) is 18.1. The van der Waals surface area contributed by atoms with Crippen LogP contribution in [-0.4, -0.2) is 38.7 Å². The predicted octanol–water partition coefficient (Wildman–Crippen LogP) is 2.18. The fourth-order valence-electron chi connectivity index (χ4n) is 2.67. The summed E-state index contributed by atoms with van der Waals surface area (Å²) in [4.78, 5) is 24.2. The smallest absolute Gasteiger partial charge is 0.339 e. The summed E-state index contributed by atoms with van der Waals surface area (Å²) in [6.45, 7) is 0. The highest BCUT2D eigenvalue weighted by molar-refractivity contribution is 7.89. The third kappa shape index (κ3) is 3.47. The van der Waals surface area contributed by atoms with Gasteiger partial charge in [0, 0.05) is 25.3 Å². The van der Waals surface area contributed by atoms with Gasteiger partial charge in [0.1, 0.15) is 6.10 Å². The number of carbonyl (C=O) groups excluding carboxylic acids is 2. The van der Waals surface area contributed by atoms with Gasteiger partial charge in [0.15, 0.2) is 0 Å². The number of amides is 1. The van der Waals surface area contributed by atoms with Crippen LogP contribution >= 0.6 is 0 Å². The van der Waals surface area contributed by atoms with Crippen molar-refractivity contribution in [2.45, 2.75) is 17.4 Å². The number of esters is 1. The van der Waals surface area contributed by atoms with Gasteiger partial charge in [-0.1, -0.05) is 18.2 Å². The maximum Gasteiger partial charge on any atom is 0.339 e. The molecule has 0 bridgehead atoms. The van der Waals surface area contributed by atoms with Crippen LogP contribution in [0, 0.1) is 0 Å². The summed E-state index contributed by atoms with van der Waals surface area (Å²) in [5.74, 6) is -0.764. The molecule has 0 unspecified atom stereocenters. The van der Waals surface area contributed by atoms with Gasteiger partial charge >= 0.3 is 5.97 Å². The molecule has 0 fully saturated rings.